The molecule has 0 aliphatic heterocycles. The maximum atomic E-state index is 12.4. The predicted octanol–water partition coefficient (Wildman–Crippen LogP) is 3.53. The first-order valence-electron chi connectivity index (χ1n) is 7.82. The van der Waals surface area contributed by atoms with E-state index in [1.54, 1.807) is 24.3 Å². The number of rotatable bonds is 4. The summed E-state index contributed by atoms with van der Waals surface area (Å²) in [5.74, 6) is -0.866. The fourth-order valence-corrected chi connectivity index (χ4v) is 2.30. The van der Waals surface area contributed by atoms with Gasteiger partial charge in [0.25, 0.3) is 11.8 Å². The van der Waals surface area contributed by atoms with E-state index in [9.17, 15) is 9.59 Å². The number of imidazole rings is 1. The van der Waals surface area contributed by atoms with Crippen LogP contribution in [0.5, 0.6) is 0 Å². The first-order valence-corrected chi connectivity index (χ1v) is 7.82. The second-order valence-electron chi connectivity index (χ2n) is 5.77. The van der Waals surface area contributed by atoms with Gasteiger partial charge in [0.1, 0.15) is 5.69 Å². The number of aryl methyl sites for hydroxylation is 2. The van der Waals surface area contributed by atoms with Crippen molar-refractivity contribution in [2.75, 3.05) is 10.6 Å². The number of nitrogens with zero attached hydrogens (tertiary/aromatic N) is 1. The third-order valence-electron chi connectivity index (χ3n) is 3.70. The first kappa shape index (κ1) is 16.4. The number of benzene rings is 2. The zero-order chi connectivity index (χ0) is 17.8. The third kappa shape index (κ3) is 3.92. The number of carbonyl (C=O) groups is 2. The molecule has 0 aliphatic rings. The molecule has 2 amide bonds. The Labute approximate surface area is 145 Å². The van der Waals surface area contributed by atoms with Gasteiger partial charge in [0.2, 0.25) is 0 Å². The zero-order valence-electron chi connectivity index (χ0n) is 14.0. The number of nitrogens with one attached hydrogen (secondary N) is 3. The maximum Gasteiger partial charge on any atom is 0.276 e. The molecule has 0 spiro atoms. The lowest BCUT2D eigenvalue weighted by Gasteiger charge is -2.07. The summed E-state index contributed by atoms with van der Waals surface area (Å²) < 4.78 is 0. The van der Waals surface area contributed by atoms with E-state index >= 15 is 0 Å². The van der Waals surface area contributed by atoms with Crippen molar-refractivity contribution in [1.29, 1.82) is 0 Å². The second-order valence-corrected chi connectivity index (χ2v) is 5.77. The van der Waals surface area contributed by atoms with Gasteiger partial charge in [0.15, 0.2) is 5.69 Å². The molecule has 3 rings (SSSR count). The molecular weight excluding hydrogens is 316 g/mol. The van der Waals surface area contributed by atoms with Crippen molar-refractivity contribution in [3.63, 3.8) is 0 Å². The van der Waals surface area contributed by atoms with Crippen LogP contribution in [0.1, 0.15) is 32.1 Å². The fourth-order valence-electron chi connectivity index (χ4n) is 2.30. The van der Waals surface area contributed by atoms with E-state index in [1.165, 1.54) is 6.33 Å². The van der Waals surface area contributed by atoms with Gasteiger partial charge >= 0.3 is 0 Å². The molecular formula is C19H18N4O2. The molecule has 6 nitrogen and oxygen atoms in total. The topological polar surface area (TPSA) is 86.9 Å². The highest BCUT2D eigenvalue weighted by molar-refractivity contribution is 6.13. The summed E-state index contributed by atoms with van der Waals surface area (Å²) in [7, 11) is 0. The molecule has 126 valence electrons. The van der Waals surface area contributed by atoms with Gasteiger partial charge in [-0.3, -0.25) is 9.59 Å². The monoisotopic (exact) mass is 334 g/mol. The van der Waals surface area contributed by atoms with Crippen LogP contribution in [0.2, 0.25) is 0 Å². The predicted molar refractivity (Wildman–Crippen MR) is 96.9 cm³/mol. The lowest BCUT2D eigenvalue weighted by Crippen LogP contribution is -2.20. The van der Waals surface area contributed by atoms with E-state index in [0.717, 1.165) is 11.1 Å². The molecule has 6 heteroatoms. The average molecular weight is 334 g/mol. The Bertz CT molecular complexity index is 822. The van der Waals surface area contributed by atoms with Crippen molar-refractivity contribution in [2.45, 2.75) is 13.8 Å². The van der Waals surface area contributed by atoms with Crippen LogP contribution in [0.4, 0.5) is 11.4 Å². The van der Waals surface area contributed by atoms with Crippen molar-refractivity contribution in [3.8, 4) is 0 Å². The number of amides is 2. The van der Waals surface area contributed by atoms with Crippen LogP contribution in [0, 0.1) is 13.8 Å². The van der Waals surface area contributed by atoms with Crippen molar-refractivity contribution in [2.24, 2.45) is 0 Å². The zero-order valence-corrected chi connectivity index (χ0v) is 14.0. The van der Waals surface area contributed by atoms with Gasteiger partial charge in [0, 0.05) is 11.4 Å². The lowest BCUT2D eigenvalue weighted by atomic mass is 10.2. The highest BCUT2D eigenvalue weighted by atomic mass is 16.2. The number of aromatic amines is 1. The van der Waals surface area contributed by atoms with E-state index in [2.05, 4.69) is 20.6 Å². The van der Waals surface area contributed by atoms with Crippen LogP contribution in [0.15, 0.2) is 54.9 Å². The van der Waals surface area contributed by atoms with E-state index in [4.69, 9.17) is 0 Å². The van der Waals surface area contributed by atoms with Gasteiger partial charge in [0.05, 0.1) is 6.33 Å². The number of carbonyl (C=O) groups excluding carboxylic acids is 2. The highest BCUT2D eigenvalue weighted by Gasteiger charge is 2.20. The van der Waals surface area contributed by atoms with Gasteiger partial charge in [-0.05, 0) is 38.1 Å². The molecule has 2 aromatic carbocycles. The molecule has 0 bridgehead atoms. The van der Waals surface area contributed by atoms with E-state index < -0.39 is 11.8 Å². The van der Waals surface area contributed by atoms with E-state index in [-0.39, 0.29) is 11.4 Å². The van der Waals surface area contributed by atoms with Crippen LogP contribution in [-0.4, -0.2) is 21.8 Å². The normalized spacial score (nSPS) is 10.3. The molecule has 0 radical (unpaired) electrons. The van der Waals surface area contributed by atoms with Crippen LogP contribution in [-0.2, 0) is 0 Å². The average Bonchev–Trinajstić information content (AvgIpc) is 3.09. The SMILES string of the molecule is Cc1ccc(NC(=O)c2nc[nH]c2C(=O)Nc2ccc(C)cc2)cc1. The van der Waals surface area contributed by atoms with Crippen molar-refractivity contribution < 1.29 is 9.59 Å². The third-order valence-corrected chi connectivity index (χ3v) is 3.70. The maximum absolute atomic E-state index is 12.4. The van der Waals surface area contributed by atoms with Crippen LogP contribution in [0.3, 0.4) is 0 Å². The van der Waals surface area contributed by atoms with Crippen molar-refractivity contribution in [3.05, 3.63) is 77.4 Å². The smallest absolute Gasteiger partial charge is 0.276 e. The van der Waals surface area contributed by atoms with Gasteiger partial charge < -0.3 is 15.6 Å². The summed E-state index contributed by atoms with van der Waals surface area (Å²) in [5, 5.41) is 5.48. The Kier molecular flexibility index (Phi) is 4.61. The Balaban J connectivity index is 1.74. The van der Waals surface area contributed by atoms with Gasteiger partial charge in [-0.15, -0.1) is 0 Å². The highest BCUT2D eigenvalue weighted by Crippen LogP contribution is 2.14. The number of anilines is 2. The molecule has 0 unspecified atom stereocenters. The molecule has 0 aliphatic carbocycles. The minimum absolute atomic E-state index is 0.0465. The Morgan fingerprint density at radius 1 is 0.800 bits per heavy atom. The molecule has 0 saturated carbocycles. The lowest BCUT2D eigenvalue weighted by molar-refractivity contribution is 0.0985. The summed E-state index contributed by atoms with van der Waals surface area (Å²) in [6.07, 6.45) is 1.33. The van der Waals surface area contributed by atoms with Crippen molar-refractivity contribution in [1.82, 2.24) is 9.97 Å². The minimum atomic E-state index is -0.445. The van der Waals surface area contributed by atoms with Gasteiger partial charge in [-0.2, -0.15) is 0 Å². The first-order chi connectivity index (χ1) is 12.0. The van der Waals surface area contributed by atoms with Crippen molar-refractivity contribution >= 4 is 23.2 Å². The van der Waals surface area contributed by atoms with E-state index in [1.807, 2.05) is 38.1 Å². The quantitative estimate of drug-likeness (QED) is 0.682. The molecule has 3 N–H and O–H groups in total. The molecule has 25 heavy (non-hydrogen) atoms. The molecule has 0 atom stereocenters. The molecule has 0 saturated heterocycles. The second kappa shape index (κ2) is 7.00. The summed E-state index contributed by atoms with van der Waals surface area (Å²) in [5.41, 5.74) is 3.64. The molecule has 3 aromatic rings. The molecule has 0 fully saturated rings. The van der Waals surface area contributed by atoms with Crippen LogP contribution in [0.25, 0.3) is 0 Å². The summed E-state index contributed by atoms with van der Waals surface area (Å²) in [4.78, 5) is 31.5. The summed E-state index contributed by atoms with van der Waals surface area (Å²) in [6, 6.07) is 14.8. The van der Waals surface area contributed by atoms with Crippen LogP contribution < -0.4 is 10.6 Å². The number of H-pyrrole nitrogens is 1. The fraction of sp³-hybridized carbons (Fsp3) is 0.105. The number of hydrogen-bond acceptors (Lipinski definition) is 3. The Morgan fingerprint density at radius 3 is 1.80 bits per heavy atom. The number of aromatic nitrogens is 2. The van der Waals surface area contributed by atoms with Gasteiger partial charge in [-0.1, -0.05) is 35.4 Å². The molecule has 1 aromatic heterocycles. The Morgan fingerprint density at radius 2 is 1.28 bits per heavy atom. The largest absolute Gasteiger partial charge is 0.340 e. The van der Waals surface area contributed by atoms with E-state index in [0.29, 0.717) is 11.4 Å². The Hall–Kier alpha value is -3.41. The summed E-state index contributed by atoms with van der Waals surface area (Å²) in [6.45, 7) is 3.93. The van der Waals surface area contributed by atoms with Crippen LogP contribution >= 0.6 is 0 Å². The standard InChI is InChI=1S/C19H18N4O2/c1-12-3-7-14(8-4-12)22-18(24)16-17(21-11-20-16)19(25)23-15-9-5-13(2)6-10-15/h3-11H,1-2H3,(H,20,21)(H,22,24)(H,23,25). The molecule has 1 heterocycles. The number of hydrogen-bond donors (Lipinski definition) is 3. The minimum Gasteiger partial charge on any atom is -0.340 e. The van der Waals surface area contributed by atoms with Gasteiger partial charge in [-0.25, -0.2) is 4.98 Å². The summed E-state index contributed by atoms with van der Waals surface area (Å²) >= 11 is 0.